The third kappa shape index (κ3) is 3.61. The van der Waals surface area contributed by atoms with Crippen LogP contribution < -0.4 is 0 Å². The van der Waals surface area contributed by atoms with Gasteiger partial charge < -0.3 is 19.3 Å². The van der Waals surface area contributed by atoms with Gasteiger partial charge in [-0.15, -0.1) is 0 Å². The first-order valence-corrected chi connectivity index (χ1v) is 7.91. The normalized spacial score (nSPS) is 28.7. The van der Waals surface area contributed by atoms with Crippen LogP contribution in [-0.2, 0) is 28.6 Å². The molecule has 2 rings (SSSR count). The average Bonchev–Trinajstić information content (AvgIpc) is 2.95. The molecule has 0 amide bonds. The highest BCUT2D eigenvalue weighted by Crippen LogP contribution is 2.51. The summed E-state index contributed by atoms with van der Waals surface area (Å²) in [6.45, 7) is 8.41. The molecule has 134 valence electrons. The maximum absolute atomic E-state index is 11.8. The Bertz CT molecular complexity index is 575. The van der Waals surface area contributed by atoms with Gasteiger partial charge in [0.05, 0.1) is 12.2 Å². The molecule has 1 fully saturated rings. The van der Waals surface area contributed by atoms with Crippen molar-refractivity contribution >= 4 is 17.9 Å². The molecule has 1 saturated heterocycles. The van der Waals surface area contributed by atoms with Gasteiger partial charge in [-0.1, -0.05) is 12.2 Å². The first kappa shape index (κ1) is 18.4. The maximum atomic E-state index is 11.8. The van der Waals surface area contributed by atoms with E-state index in [4.69, 9.17) is 19.3 Å². The molecule has 0 radical (unpaired) electrons. The summed E-state index contributed by atoms with van der Waals surface area (Å²) in [5.74, 6) is -2.92. The van der Waals surface area contributed by atoms with Crippen molar-refractivity contribution in [1.82, 2.24) is 0 Å². The summed E-state index contributed by atoms with van der Waals surface area (Å²) in [7, 11) is 0. The molecular formula is C17H24O7. The fraction of sp³-hybridized carbons (Fsp3) is 0.706. The van der Waals surface area contributed by atoms with Gasteiger partial charge in [0.25, 0.3) is 0 Å². The minimum absolute atomic E-state index is 0.218. The first-order chi connectivity index (χ1) is 10.9. The van der Waals surface area contributed by atoms with Crippen molar-refractivity contribution in [3.8, 4) is 0 Å². The number of carboxylic acids is 1. The van der Waals surface area contributed by atoms with Crippen molar-refractivity contribution in [1.29, 1.82) is 0 Å². The summed E-state index contributed by atoms with van der Waals surface area (Å²) >= 11 is 0. The highest BCUT2D eigenvalue weighted by molar-refractivity contribution is 5.90. The molecule has 2 aliphatic rings. The zero-order valence-electron chi connectivity index (χ0n) is 14.6. The van der Waals surface area contributed by atoms with Gasteiger partial charge in [-0.2, -0.15) is 0 Å². The zero-order chi connectivity index (χ0) is 18.3. The standard InChI is InChI=1S/C17H24O7/c1-9(18)23-16(2,3)14-10-6-7-11(22-10)15(14)17(4,5)24-13(21)8-12(19)20/h6-7,10-11,14-15H,8H2,1-5H3,(H,19,20). The van der Waals surface area contributed by atoms with Crippen molar-refractivity contribution in [2.24, 2.45) is 11.8 Å². The van der Waals surface area contributed by atoms with Crippen LogP contribution >= 0.6 is 0 Å². The molecule has 2 heterocycles. The van der Waals surface area contributed by atoms with E-state index < -0.39 is 35.5 Å². The average molecular weight is 340 g/mol. The van der Waals surface area contributed by atoms with Gasteiger partial charge in [-0.3, -0.25) is 14.4 Å². The molecule has 0 aromatic rings. The van der Waals surface area contributed by atoms with E-state index in [9.17, 15) is 14.4 Å². The van der Waals surface area contributed by atoms with Crippen LogP contribution in [0.25, 0.3) is 0 Å². The van der Waals surface area contributed by atoms with E-state index in [1.54, 1.807) is 27.7 Å². The Morgan fingerprint density at radius 1 is 1.00 bits per heavy atom. The highest BCUT2D eigenvalue weighted by Gasteiger charge is 2.59. The SMILES string of the molecule is CC(=O)OC(C)(C)C1C2C=CC(O2)C1C(C)(C)OC(=O)CC(=O)O. The quantitative estimate of drug-likeness (QED) is 0.446. The van der Waals surface area contributed by atoms with Gasteiger partial charge in [0.2, 0.25) is 0 Å². The second kappa shape index (κ2) is 6.20. The van der Waals surface area contributed by atoms with Crippen LogP contribution in [0, 0.1) is 11.8 Å². The lowest BCUT2D eigenvalue weighted by atomic mass is 9.67. The fourth-order valence-electron chi connectivity index (χ4n) is 3.92. The van der Waals surface area contributed by atoms with E-state index in [-0.39, 0.29) is 24.0 Å². The number of carbonyl (C=O) groups excluding carboxylic acids is 2. The Morgan fingerprint density at radius 2 is 1.46 bits per heavy atom. The highest BCUT2D eigenvalue weighted by atomic mass is 16.6. The Balaban J connectivity index is 2.25. The van der Waals surface area contributed by atoms with Crippen molar-refractivity contribution in [3.63, 3.8) is 0 Å². The number of ether oxygens (including phenoxy) is 3. The summed E-state index contributed by atoms with van der Waals surface area (Å²) in [6, 6.07) is 0. The lowest BCUT2D eigenvalue weighted by molar-refractivity contribution is -0.178. The molecule has 2 bridgehead atoms. The van der Waals surface area contributed by atoms with Crippen LogP contribution in [0.2, 0.25) is 0 Å². The molecule has 0 aromatic carbocycles. The second-order valence-corrected chi connectivity index (χ2v) is 7.35. The molecule has 1 N–H and O–H groups in total. The van der Waals surface area contributed by atoms with E-state index >= 15 is 0 Å². The Morgan fingerprint density at radius 3 is 1.88 bits per heavy atom. The van der Waals surface area contributed by atoms with Crippen LogP contribution in [0.5, 0.6) is 0 Å². The third-order valence-corrected chi connectivity index (χ3v) is 4.58. The van der Waals surface area contributed by atoms with Crippen molar-refractivity contribution in [2.45, 2.75) is 64.4 Å². The maximum Gasteiger partial charge on any atom is 0.317 e. The Hall–Kier alpha value is -1.89. The Labute approximate surface area is 140 Å². The molecule has 7 heteroatoms. The molecule has 0 saturated carbocycles. The molecule has 0 spiro atoms. The number of esters is 2. The number of aliphatic carboxylic acids is 1. The van der Waals surface area contributed by atoms with Crippen molar-refractivity contribution in [3.05, 3.63) is 12.2 Å². The topological polar surface area (TPSA) is 99.1 Å². The van der Waals surface area contributed by atoms with Crippen LogP contribution in [0.4, 0.5) is 0 Å². The first-order valence-electron chi connectivity index (χ1n) is 7.91. The number of carbonyl (C=O) groups is 3. The molecule has 2 aliphatic heterocycles. The summed E-state index contributed by atoms with van der Waals surface area (Å²) in [4.78, 5) is 34.0. The van der Waals surface area contributed by atoms with E-state index in [0.29, 0.717) is 0 Å². The second-order valence-electron chi connectivity index (χ2n) is 7.35. The van der Waals surface area contributed by atoms with Gasteiger partial charge in [0.15, 0.2) is 0 Å². The van der Waals surface area contributed by atoms with Gasteiger partial charge in [-0.25, -0.2) is 0 Å². The van der Waals surface area contributed by atoms with Crippen LogP contribution in [0.1, 0.15) is 41.0 Å². The summed E-state index contributed by atoms with van der Waals surface area (Å²) in [5, 5.41) is 8.74. The predicted molar refractivity (Wildman–Crippen MR) is 83.0 cm³/mol. The molecule has 24 heavy (non-hydrogen) atoms. The minimum atomic E-state index is -1.24. The number of rotatable bonds is 6. The molecule has 4 atom stereocenters. The fourth-order valence-corrected chi connectivity index (χ4v) is 3.92. The van der Waals surface area contributed by atoms with E-state index in [1.165, 1.54) is 6.92 Å². The number of carboxylic acid groups (broad SMARTS) is 1. The molecule has 7 nitrogen and oxygen atoms in total. The number of hydrogen-bond donors (Lipinski definition) is 1. The molecular weight excluding hydrogens is 316 g/mol. The lowest BCUT2D eigenvalue weighted by Crippen LogP contribution is -2.52. The Kier molecular flexibility index (Phi) is 4.77. The van der Waals surface area contributed by atoms with Crippen LogP contribution in [0.3, 0.4) is 0 Å². The van der Waals surface area contributed by atoms with Gasteiger partial charge in [-0.05, 0) is 27.7 Å². The lowest BCUT2D eigenvalue weighted by Gasteiger charge is -2.43. The van der Waals surface area contributed by atoms with E-state index in [1.807, 2.05) is 12.2 Å². The minimum Gasteiger partial charge on any atom is -0.481 e. The van der Waals surface area contributed by atoms with Gasteiger partial charge >= 0.3 is 17.9 Å². The summed E-state index contributed by atoms with van der Waals surface area (Å²) in [6.07, 6.45) is 2.61. The number of fused-ring (bicyclic) bond motifs is 2. The molecule has 4 unspecified atom stereocenters. The van der Waals surface area contributed by atoms with Crippen LogP contribution in [-0.4, -0.2) is 46.4 Å². The van der Waals surface area contributed by atoms with Crippen LogP contribution in [0.15, 0.2) is 12.2 Å². The van der Waals surface area contributed by atoms with Crippen molar-refractivity contribution < 1.29 is 33.7 Å². The van der Waals surface area contributed by atoms with Gasteiger partial charge in [0.1, 0.15) is 17.6 Å². The van der Waals surface area contributed by atoms with E-state index in [0.717, 1.165) is 0 Å². The third-order valence-electron chi connectivity index (χ3n) is 4.58. The predicted octanol–water partition coefficient (Wildman–Crippen LogP) is 1.69. The smallest absolute Gasteiger partial charge is 0.317 e. The summed E-state index contributed by atoms with van der Waals surface area (Å²) < 4.78 is 16.8. The largest absolute Gasteiger partial charge is 0.481 e. The number of hydrogen-bond acceptors (Lipinski definition) is 6. The monoisotopic (exact) mass is 340 g/mol. The van der Waals surface area contributed by atoms with Gasteiger partial charge in [0, 0.05) is 18.8 Å². The summed E-state index contributed by atoms with van der Waals surface area (Å²) in [5.41, 5.74) is -1.80. The molecule has 0 aromatic heterocycles. The molecule has 0 aliphatic carbocycles. The van der Waals surface area contributed by atoms with Crippen molar-refractivity contribution in [2.75, 3.05) is 0 Å². The van der Waals surface area contributed by atoms with E-state index in [2.05, 4.69) is 0 Å². The zero-order valence-corrected chi connectivity index (χ0v) is 14.6.